The number of nitrogens with one attached hydrogen (secondary N) is 1. The smallest absolute Gasteiger partial charge is 0.407 e. The number of methoxy groups -OCH3 is 1. The molecule has 0 spiro atoms. The zero-order chi connectivity index (χ0) is 20.2. The molecule has 0 aromatic heterocycles. The number of carbonyl (C=O) groups is 2. The maximum absolute atomic E-state index is 13.8. The third kappa shape index (κ3) is 5.44. The Morgan fingerprint density at radius 1 is 1.11 bits per heavy atom. The lowest BCUT2D eigenvalue weighted by Crippen LogP contribution is -2.32. The molecule has 0 aliphatic rings. The number of rotatable bonds is 4. The molecule has 2 aromatic rings. The van der Waals surface area contributed by atoms with Gasteiger partial charge in [0, 0.05) is 12.1 Å². The first-order valence-corrected chi connectivity index (χ1v) is 8.27. The fourth-order valence-electron chi connectivity index (χ4n) is 2.36. The van der Waals surface area contributed by atoms with Crippen LogP contribution in [0.15, 0.2) is 36.4 Å². The van der Waals surface area contributed by atoms with E-state index in [0.717, 1.165) is 0 Å². The summed E-state index contributed by atoms with van der Waals surface area (Å²) < 4.78 is 23.5. The summed E-state index contributed by atoms with van der Waals surface area (Å²) in [5.41, 5.74) is 0.833. The Labute approximate surface area is 156 Å². The van der Waals surface area contributed by atoms with Crippen LogP contribution in [-0.4, -0.2) is 29.9 Å². The van der Waals surface area contributed by atoms with E-state index in [2.05, 4.69) is 10.1 Å². The van der Waals surface area contributed by atoms with Crippen molar-refractivity contribution in [3.8, 4) is 16.9 Å². The number of ether oxygens (including phenoxy) is 2. The molecular formula is C20H22FNO5. The Bertz CT molecular complexity index is 858. The van der Waals surface area contributed by atoms with Crippen molar-refractivity contribution in [1.29, 1.82) is 0 Å². The molecule has 0 fully saturated rings. The molecule has 0 unspecified atom stereocenters. The van der Waals surface area contributed by atoms with Gasteiger partial charge < -0.3 is 19.9 Å². The largest absolute Gasteiger partial charge is 0.508 e. The lowest BCUT2D eigenvalue weighted by Gasteiger charge is -2.20. The van der Waals surface area contributed by atoms with Crippen molar-refractivity contribution < 1.29 is 28.6 Å². The van der Waals surface area contributed by atoms with E-state index in [9.17, 15) is 19.1 Å². The molecule has 0 atom stereocenters. The summed E-state index contributed by atoms with van der Waals surface area (Å²) >= 11 is 0. The third-order valence-corrected chi connectivity index (χ3v) is 3.61. The second kappa shape index (κ2) is 8.07. The van der Waals surface area contributed by atoms with Gasteiger partial charge in [-0.15, -0.1) is 0 Å². The number of phenols is 1. The monoisotopic (exact) mass is 375 g/mol. The fraction of sp³-hybridized carbons (Fsp3) is 0.300. The Morgan fingerprint density at radius 2 is 1.74 bits per heavy atom. The number of carbonyl (C=O) groups excluding carboxylic acids is 2. The number of hydrogen-bond acceptors (Lipinski definition) is 5. The number of alkyl carbamates (subject to hydrolysis) is 1. The predicted octanol–water partition coefficient (Wildman–Crippen LogP) is 4.01. The summed E-state index contributed by atoms with van der Waals surface area (Å²) in [5, 5.41) is 12.6. The molecule has 1 amide bonds. The Morgan fingerprint density at radius 3 is 2.37 bits per heavy atom. The van der Waals surface area contributed by atoms with Crippen LogP contribution in [0.25, 0.3) is 11.1 Å². The molecule has 0 radical (unpaired) electrons. The molecule has 0 heterocycles. The number of aromatic hydroxyl groups is 1. The van der Waals surface area contributed by atoms with E-state index >= 15 is 0 Å². The summed E-state index contributed by atoms with van der Waals surface area (Å²) in [6, 6.07) is 8.79. The van der Waals surface area contributed by atoms with Gasteiger partial charge in [0.1, 0.15) is 17.2 Å². The van der Waals surface area contributed by atoms with Crippen molar-refractivity contribution in [2.45, 2.75) is 32.9 Å². The number of amides is 1. The van der Waals surface area contributed by atoms with Crippen molar-refractivity contribution in [3.05, 3.63) is 53.3 Å². The lowest BCUT2D eigenvalue weighted by atomic mass is 10.00. The molecule has 2 rings (SSSR count). The minimum atomic E-state index is -0.778. The van der Waals surface area contributed by atoms with Crippen LogP contribution in [0, 0.1) is 5.82 Å². The van der Waals surface area contributed by atoms with Crippen LogP contribution >= 0.6 is 0 Å². The molecule has 0 saturated heterocycles. The van der Waals surface area contributed by atoms with Gasteiger partial charge in [-0.25, -0.2) is 14.0 Å². The highest BCUT2D eigenvalue weighted by Crippen LogP contribution is 2.27. The summed E-state index contributed by atoms with van der Waals surface area (Å²) in [6.07, 6.45) is -0.609. The average molecular weight is 375 g/mol. The molecule has 0 saturated carbocycles. The second-order valence-corrected chi connectivity index (χ2v) is 6.89. The standard InChI is InChI=1S/C20H22FNO5/c1-20(2,3)27-19(25)22-11-14-9-12(6-8-17(14)23)13-5-7-16(21)15(10-13)18(24)26-4/h5-10,23H,11H2,1-4H3,(H,22,25). The van der Waals surface area contributed by atoms with E-state index in [4.69, 9.17) is 4.74 Å². The second-order valence-electron chi connectivity index (χ2n) is 6.89. The normalized spacial score (nSPS) is 11.0. The van der Waals surface area contributed by atoms with Crippen LogP contribution < -0.4 is 5.32 Å². The van der Waals surface area contributed by atoms with E-state index in [0.29, 0.717) is 16.7 Å². The van der Waals surface area contributed by atoms with Crippen molar-refractivity contribution in [2.24, 2.45) is 0 Å². The fourth-order valence-corrected chi connectivity index (χ4v) is 2.36. The minimum Gasteiger partial charge on any atom is -0.508 e. The molecular weight excluding hydrogens is 353 g/mol. The number of esters is 1. The highest BCUT2D eigenvalue weighted by Gasteiger charge is 2.17. The van der Waals surface area contributed by atoms with Crippen molar-refractivity contribution in [1.82, 2.24) is 5.32 Å². The van der Waals surface area contributed by atoms with Gasteiger partial charge in [0.2, 0.25) is 0 Å². The highest BCUT2D eigenvalue weighted by molar-refractivity contribution is 5.91. The number of halogens is 1. The molecule has 27 heavy (non-hydrogen) atoms. The van der Waals surface area contributed by atoms with Gasteiger partial charge in [0.25, 0.3) is 0 Å². The van der Waals surface area contributed by atoms with Crippen LogP contribution in [0.5, 0.6) is 5.75 Å². The summed E-state index contributed by atoms with van der Waals surface area (Å²) in [6.45, 7) is 5.29. The maximum Gasteiger partial charge on any atom is 0.407 e. The summed E-state index contributed by atoms with van der Waals surface area (Å²) in [7, 11) is 1.18. The molecule has 0 aliphatic carbocycles. The average Bonchev–Trinajstić information content (AvgIpc) is 2.59. The highest BCUT2D eigenvalue weighted by atomic mass is 19.1. The predicted molar refractivity (Wildman–Crippen MR) is 97.9 cm³/mol. The summed E-state index contributed by atoms with van der Waals surface area (Å²) in [4.78, 5) is 23.4. The third-order valence-electron chi connectivity index (χ3n) is 3.61. The Kier molecular flexibility index (Phi) is 6.05. The Hall–Kier alpha value is -3.09. The first-order valence-electron chi connectivity index (χ1n) is 8.27. The maximum atomic E-state index is 13.8. The zero-order valence-corrected chi connectivity index (χ0v) is 15.6. The molecule has 2 N–H and O–H groups in total. The van der Waals surface area contributed by atoms with Gasteiger partial charge >= 0.3 is 12.1 Å². The molecule has 0 aliphatic heterocycles. The van der Waals surface area contributed by atoms with Crippen molar-refractivity contribution in [3.63, 3.8) is 0 Å². The van der Waals surface area contributed by atoms with Crippen molar-refractivity contribution >= 4 is 12.1 Å². The SMILES string of the molecule is COC(=O)c1cc(-c2ccc(O)c(CNC(=O)OC(C)(C)C)c2)ccc1F. The van der Waals surface area contributed by atoms with E-state index in [-0.39, 0.29) is 17.9 Å². The van der Waals surface area contributed by atoms with Crippen LogP contribution in [-0.2, 0) is 16.0 Å². The van der Waals surface area contributed by atoms with Crippen LogP contribution in [0.4, 0.5) is 9.18 Å². The number of hydrogen-bond donors (Lipinski definition) is 2. The van der Waals surface area contributed by atoms with E-state index in [1.165, 1.54) is 31.4 Å². The zero-order valence-electron chi connectivity index (χ0n) is 15.6. The number of benzene rings is 2. The van der Waals surface area contributed by atoms with Crippen LogP contribution in [0.3, 0.4) is 0 Å². The molecule has 144 valence electrons. The van der Waals surface area contributed by atoms with Gasteiger partial charge in [-0.1, -0.05) is 12.1 Å². The number of phenolic OH excluding ortho intramolecular Hbond substituents is 1. The van der Waals surface area contributed by atoms with E-state index in [1.807, 2.05) is 0 Å². The first kappa shape index (κ1) is 20.2. The Balaban J connectivity index is 2.25. The minimum absolute atomic E-state index is 0.00916. The molecule has 0 bridgehead atoms. The molecule has 7 heteroatoms. The molecule has 6 nitrogen and oxygen atoms in total. The van der Waals surface area contributed by atoms with Gasteiger partial charge in [0.05, 0.1) is 12.7 Å². The van der Waals surface area contributed by atoms with Crippen LogP contribution in [0.2, 0.25) is 0 Å². The van der Waals surface area contributed by atoms with E-state index < -0.39 is 23.5 Å². The van der Waals surface area contributed by atoms with E-state index in [1.54, 1.807) is 32.9 Å². The van der Waals surface area contributed by atoms with Gasteiger partial charge in [-0.05, 0) is 56.2 Å². The molecule has 2 aromatic carbocycles. The van der Waals surface area contributed by atoms with Gasteiger partial charge in [-0.2, -0.15) is 0 Å². The topological polar surface area (TPSA) is 84.9 Å². The van der Waals surface area contributed by atoms with Crippen LogP contribution in [0.1, 0.15) is 36.7 Å². The first-order chi connectivity index (χ1) is 12.6. The lowest BCUT2D eigenvalue weighted by molar-refractivity contribution is 0.0522. The quantitative estimate of drug-likeness (QED) is 0.789. The van der Waals surface area contributed by atoms with Gasteiger partial charge in [-0.3, -0.25) is 0 Å². The van der Waals surface area contributed by atoms with Gasteiger partial charge in [0.15, 0.2) is 0 Å². The van der Waals surface area contributed by atoms with Crippen molar-refractivity contribution in [2.75, 3.05) is 7.11 Å². The summed E-state index contributed by atoms with van der Waals surface area (Å²) in [5.74, 6) is -1.47.